The molecule has 1 aromatic carbocycles. The fourth-order valence-corrected chi connectivity index (χ4v) is 3.55. The van der Waals surface area contributed by atoms with Crippen LogP contribution in [0.3, 0.4) is 0 Å². The molecule has 26 heavy (non-hydrogen) atoms. The highest BCUT2D eigenvalue weighted by Gasteiger charge is 2.56. The first kappa shape index (κ1) is 20.5. The van der Waals surface area contributed by atoms with Crippen molar-refractivity contribution in [1.82, 2.24) is 0 Å². The Morgan fingerprint density at radius 2 is 1.62 bits per heavy atom. The maximum Gasteiger partial charge on any atom is 0.323 e. The molecule has 1 atom stereocenters. The largest absolute Gasteiger partial charge is 0.465 e. The molecule has 0 aromatic heterocycles. The molecule has 6 heteroatoms. The van der Waals surface area contributed by atoms with Crippen molar-refractivity contribution in [1.29, 1.82) is 0 Å². The third kappa shape index (κ3) is 4.10. The molecule has 142 valence electrons. The van der Waals surface area contributed by atoms with Crippen molar-refractivity contribution in [2.45, 2.75) is 39.7 Å². The molecule has 0 heterocycles. The highest BCUT2D eigenvalue weighted by Crippen LogP contribution is 2.48. The van der Waals surface area contributed by atoms with Crippen LogP contribution in [0, 0.1) is 5.41 Å². The molecule has 2 rings (SSSR count). The molecule has 0 saturated heterocycles. The van der Waals surface area contributed by atoms with E-state index in [1.807, 2.05) is 37.3 Å². The summed E-state index contributed by atoms with van der Waals surface area (Å²) in [5.41, 5.74) is 0.119. The summed E-state index contributed by atoms with van der Waals surface area (Å²) >= 11 is 6.63. The van der Waals surface area contributed by atoms with E-state index in [4.69, 9.17) is 25.8 Å². The summed E-state index contributed by atoms with van der Waals surface area (Å²) in [6, 6.07) is 9.42. The maximum atomic E-state index is 12.7. The summed E-state index contributed by atoms with van der Waals surface area (Å²) in [5.74, 6) is -1.17. The van der Waals surface area contributed by atoms with Crippen molar-refractivity contribution < 1.29 is 23.8 Å². The minimum atomic E-state index is -1.42. The van der Waals surface area contributed by atoms with Crippen molar-refractivity contribution in [3.8, 4) is 0 Å². The summed E-state index contributed by atoms with van der Waals surface area (Å²) in [6.45, 7) is 6.09. The Labute approximate surface area is 159 Å². The van der Waals surface area contributed by atoms with Crippen molar-refractivity contribution in [2.24, 2.45) is 5.41 Å². The number of rotatable bonds is 7. The third-order valence-corrected chi connectivity index (χ3v) is 4.89. The van der Waals surface area contributed by atoms with Gasteiger partial charge >= 0.3 is 11.9 Å². The molecule has 0 amide bonds. The van der Waals surface area contributed by atoms with E-state index < -0.39 is 23.5 Å². The lowest BCUT2D eigenvalue weighted by Crippen LogP contribution is -2.40. The van der Waals surface area contributed by atoms with Crippen molar-refractivity contribution >= 4 is 28.6 Å². The number of ether oxygens (including phenoxy) is 3. The van der Waals surface area contributed by atoms with Crippen molar-refractivity contribution in [2.75, 3.05) is 19.8 Å². The molecular weight excluding hydrogens is 356 g/mol. The molecule has 0 radical (unpaired) electrons. The standard InChI is InChI=1S/C20H25ClO5/c1-4-24-16-13-20(18(22)25-5-2,19(23)26-6-3)12-15(16)17(21)14-10-8-7-9-11-14/h7-11,16H,4-6,12-13H2,1-3H3/b17-15+. The number of benzene rings is 1. The molecule has 0 N–H and O–H groups in total. The van der Waals surface area contributed by atoms with Gasteiger partial charge in [-0.25, -0.2) is 0 Å². The summed E-state index contributed by atoms with van der Waals surface area (Å²) in [4.78, 5) is 25.4. The molecule has 1 aliphatic carbocycles. The van der Waals surface area contributed by atoms with Crippen LogP contribution in [0.5, 0.6) is 0 Å². The Kier molecular flexibility index (Phi) is 7.23. The lowest BCUT2D eigenvalue weighted by atomic mass is 9.85. The van der Waals surface area contributed by atoms with Crippen molar-refractivity contribution in [3.05, 3.63) is 41.5 Å². The van der Waals surface area contributed by atoms with Crippen LogP contribution in [-0.2, 0) is 23.8 Å². The Hall–Kier alpha value is -1.85. The van der Waals surface area contributed by atoms with Crippen LogP contribution in [0.1, 0.15) is 39.2 Å². The molecule has 0 bridgehead atoms. The lowest BCUT2D eigenvalue weighted by Gasteiger charge is -2.24. The Balaban J connectivity index is 2.49. The summed E-state index contributed by atoms with van der Waals surface area (Å²) < 4.78 is 16.2. The van der Waals surface area contributed by atoms with Crippen LogP contribution >= 0.6 is 11.6 Å². The van der Waals surface area contributed by atoms with Gasteiger partial charge in [-0.2, -0.15) is 0 Å². The van der Waals surface area contributed by atoms with Crippen LogP contribution in [-0.4, -0.2) is 37.9 Å². The number of esters is 2. The van der Waals surface area contributed by atoms with Gasteiger partial charge in [-0.3, -0.25) is 9.59 Å². The van der Waals surface area contributed by atoms with Crippen LogP contribution in [0.25, 0.3) is 5.03 Å². The van der Waals surface area contributed by atoms with Gasteiger partial charge in [0.1, 0.15) is 0 Å². The van der Waals surface area contributed by atoms with Gasteiger partial charge < -0.3 is 14.2 Å². The van der Waals surface area contributed by atoms with E-state index in [2.05, 4.69) is 0 Å². The van der Waals surface area contributed by atoms with Crippen LogP contribution in [0.15, 0.2) is 35.9 Å². The van der Waals surface area contributed by atoms with Gasteiger partial charge in [0.2, 0.25) is 0 Å². The highest BCUT2D eigenvalue weighted by atomic mass is 35.5. The lowest BCUT2D eigenvalue weighted by molar-refractivity contribution is -0.172. The topological polar surface area (TPSA) is 61.8 Å². The van der Waals surface area contributed by atoms with Gasteiger partial charge in [-0.05, 0) is 38.3 Å². The van der Waals surface area contributed by atoms with E-state index in [0.29, 0.717) is 11.6 Å². The molecule has 1 aliphatic rings. The fourth-order valence-electron chi connectivity index (χ4n) is 3.23. The van der Waals surface area contributed by atoms with E-state index in [-0.39, 0.29) is 26.1 Å². The van der Waals surface area contributed by atoms with E-state index >= 15 is 0 Å². The molecule has 1 unspecified atom stereocenters. The third-order valence-electron chi connectivity index (χ3n) is 4.42. The quantitative estimate of drug-likeness (QED) is 0.529. The smallest absolute Gasteiger partial charge is 0.323 e. The molecular formula is C20H25ClO5. The minimum absolute atomic E-state index is 0.128. The molecule has 0 spiro atoms. The Bertz CT molecular complexity index is 650. The Morgan fingerprint density at radius 1 is 1.04 bits per heavy atom. The molecule has 1 saturated carbocycles. The molecule has 0 aliphatic heterocycles. The van der Waals surface area contributed by atoms with Crippen LogP contribution in [0.4, 0.5) is 0 Å². The zero-order valence-corrected chi connectivity index (χ0v) is 16.2. The molecule has 1 aromatic rings. The zero-order chi connectivity index (χ0) is 19.2. The van der Waals surface area contributed by atoms with Crippen LogP contribution in [0.2, 0.25) is 0 Å². The average molecular weight is 381 g/mol. The first-order valence-corrected chi connectivity index (χ1v) is 9.27. The summed E-state index contributed by atoms with van der Waals surface area (Å²) in [5, 5.41) is 0.500. The number of hydrogen-bond acceptors (Lipinski definition) is 5. The molecule has 1 fully saturated rings. The number of carbonyl (C=O) groups is 2. The van der Waals surface area contributed by atoms with Gasteiger partial charge in [0.15, 0.2) is 5.41 Å². The minimum Gasteiger partial charge on any atom is -0.465 e. The number of carbonyl (C=O) groups excluding carboxylic acids is 2. The van der Waals surface area contributed by atoms with Gasteiger partial charge in [-0.15, -0.1) is 0 Å². The Morgan fingerprint density at radius 3 is 2.12 bits per heavy atom. The van der Waals surface area contributed by atoms with Gasteiger partial charge in [0, 0.05) is 18.1 Å². The molecule has 5 nitrogen and oxygen atoms in total. The normalized spacial score (nSPS) is 20.5. The van der Waals surface area contributed by atoms with Gasteiger partial charge in [-0.1, -0.05) is 41.9 Å². The van der Waals surface area contributed by atoms with E-state index in [1.165, 1.54) is 0 Å². The monoisotopic (exact) mass is 380 g/mol. The van der Waals surface area contributed by atoms with Gasteiger partial charge in [0.05, 0.1) is 19.3 Å². The van der Waals surface area contributed by atoms with Crippen LogP contribution < -0.4 is 0 Å². The second-order valence-corrected chi connectivity index (χ2v) is 6.43. The van der Waals surface area contributed by atoms with E-state index in [9.17, 15) is 9.59 Å². The summed E-state index contributed by atoms with van der Waals surface area (Å²) in [7, 11) is 0. The zero-order valence-electron chi connectivity index (χ0n) is 15.4. The van der Waals surface area contributed by atoms with Gasteiger partial charge in [0.25, 0.3) is 0 Å². The predicted molar refractivity (Wildman–Crippen MR) is 99.6 cm³/mol. The summed E-state index contributed by atoms with van der Waals surface area (Å²) in [6.07, 6.45) is -0.151. The first-order chi connectivity index (χ1) is 12.5. The fraction of sp³-hybridized carbons (Fsp3) is 0.500. The van der Waals surface area contributed by atoms with Crippen molar-refractivity contribution in [3.63, 3.8) is 0 Å². The average Bonchev–Trinajstić information content (AvgIpc) is 3.03. The second kappa shape index (κ2) is 9.19. The number of hydrogen-bond donors (Lipinski definition) is 0. The van der Waals surface area contributed by atoms with E-state index in [0.717, 1.165) is 11.1 Å². The van der Waals surface area contributed by atoms with E-state index in [1.54, 1.807) is 13.8 Å². The number of halogens is 1. The SMILES string of the molecule is CCOC(=O)C1(C(=O)OCC)C/C(=C(\Cl)c2ccccc2)C(OCC)C1. The second-order valence-electron chi connectivity index (χ2n) is 6.05. The highest BCUT2D eigenvalue weighted by molar-refractivity contribution is 6.49. The predicted octanol–water partition coefficient (Wildman–Crippen LogP) is 3.95. The first-order valence-electron chi connectivity index (χ1n) is 8.90. The maximum absolute atomic E-state index is 12.7.